The third-order valence-corrected chi connectivity index (χ3v) is 8.40. The molecule has 0 aromatic rings. The Labute approximate surface area is 136 Å². The number of piperidine rings is 1. The van der Waals surface area contributed by atoms with Crippen LogP contribution in [0.3, 0.4) is 0 Å². The maximum Gasteiger partial charge on any atom is 0.505 e. The van der Waals surface area contributed by atoms with E-state index < -0.39 is 14.2 Å². The SMILES string of the molecule is CCC[C@]1(CC)C(=O)NCCC1[Si](OCC)(OCC)OCC. The molecule has 5 nitrogen and oxygen atoms in total. The predicted octanol–water partition coefficient (Wildman–Crippen LogP) is 3.12. The molecule has 0 aromatic carbocycles. The molecule has 1 rings (SSSR count). The van der Waals surface area contributed by atoms with Gasteiger partial charge in [0.25, 0.3) is 0 Å². The molecule has 2 atom stereocenters. The van der Waals surface area contributed by atoms with Gasteiger partial charge in [0.05, 0.1) is 5.41 Å². The summed E-state index contributed by atoms with van der Waals surface area (Å²) in [5.41, 5.74) is -0.391. The highest BCUT2D eigenvalue weighted by Crippen LogP contribution is 2.51. The van der Waals surface area contributed by atoms with E-state index in [0.717, 1.165) is 25.7 Å². The highest BCUT2D eigenvalue weighted by molar-refractivity contribution is 6.63. The molecule has 1 amide bonds. The topological polar surface area (TPSA) is 56.8 Å². The first kappa shape index (κ1) is 19.6. The van der Waals surface area contributed by atoms with Crippen molar-refractivity contribution in [1.29, 1.82) is 0 Å². The molecule has 1 aliphatic rings. The van der Waals surface area contributed by atoms with Gasteiger partial charge in [-0.25, -0.2) is 0 Å². The van der Waals surface area contributed by atoms with Gasteiger partial charge >= 0.3 is 8.80 Å². The number of amides is 1. The lowest BCUT2D eigenvalue weighted by atomic mass is 9.73. The highest BCUT2D eigenvalue weighted by Gasteiger charge is 2.61. The van der Waals surface area contributed by atoms with Gasteiger partial charge in [-0.15, -0.1) is 0 Å². The average Bonchev–Trinajstić information content (AvgIpc) is 2.50. The van der Waals surface area contributed by atoms with Gasteiger partial charge in [0, 0.05) is 31.9 Å². The van der Waals surface area contributed by atoms with Crippen LogP contribution in [0, 0.1) is 5.41 Å². The molecular formula is C16H33NO4Si. The molecular weight excluding hydrogens is 298 g/mol. The molecule has 22 heavy (non-hydrogen) atoms. The molecule has 130 valence electrons. The van der Waals surface area contributed by atoms with Crippen LogP contribution in [0.1, 0.15) is 60.3 Å². The van der Waals surface area contributed by atoms with E-state index in [-0.39, 0.29) is 11.4 Å². The molecule has 0 spiro atoms. The van der Waals surface area contributed by atoms with Crippen LogP contribution in [0.15, 0.2) is 0 Å². The van der Waals surface area contributed by atoms with Crippen molar-refractivity contribution < 1.29 is 18.1 Å². The fraction of sp³-hybridized carbons (Fsp3) is 0.938. The van der Waals surface area contributed by atoms with Crippen LogP contribution in [-0.4, -0.2) is 41.1 Å². The number of nitrogens with one attached hydrogen (secondary N) is 1. The molecule has 0 aromatic heterocycles. The second kappa shape index (κ2) is 9.01. The van der Waals surface area contributed by atoms with Crippen LogP contribution < -0.4 is 5.32 Å². The van der Waals surface area contributed by atoms with Crippen LogP contribution in [0.2, 0.25) is 5.54 Å². The van der Waals surface area contributed by atoms with Gasteiger partial charge in [-0.3, -0.25) is 4.79 Å². The number of carbonyl (C=O) groups is 1. The second-order valence-electron chi connectivity index (χ2n) is 5.76. The summed E-state index contributed by atoms with van der Waals surface area (Å²) >= 11 is 0. The molecule has 6 heteroatoms. The molecule has 1 aliphatic heterocycles. The molecule has 0 radical (unpaired) electrons. The van der Waals surface area contributed by atoms with Gasteiger partial charge < -0.3 is 18.6 Å². The second-order valence-corrected chi connectivity index (χ2v) is 8.53. The predicted molar refractivity (Wildman–Crippen MR) is 89.6 cm³/mol. The molecule has 1 heterocycles. The van der Waals surface area contributed by atoms with E-state index in [1.54, 1.807) is 0 Å². The van der Waals surface area contributed by atoms with Gasteiger partial charge in [-0.05, 0) is 40.0 Å². The number of hydrogen-bond donors (Lipinski definition) is 1. The van der Waals surface area contributed by atoms with Crippen LogP contribution in [-0.2, 0) is 18.1 Å². The maximum atomic E-state index is 12.8. The van der Waals surface area contributed by atoms with Crippen molar-refractivity contribution in [2.75, 3.05) is 26.4 Å². The van der Waals surface area contributed by atoms with Gasteiger partial charge in [0.2, 0.25) is 5.91 Å². The standard InChI is InChI=1S/C16H33NO4Si/c1-6-12-16(7-2)14(11-13-17-15(16)18)22(19-8-3,20-9-4)21-10-5/h14H,6-13H2,1-5H3,(H,17,18)/t14?,16-/m0/s1. The quantitative estimate of drug-likeness (QED) is 0.625. The first-order chi connectivity index (χ1) is 10.6. The number of hydrogen-bond acceptors (Lipinski definition) is 4. The van der Waals surface area contributed by atoms with Crippen molar-refractivity contribution in [2.24, 2.45) is 5.41 Å². The zero-order chi connectivity index (χ0) is 16.6. The Balaban J connectivity index is 3.29. The van der Waals surface area contributed by atoms with Crippen LogP contribution >= 0.6 is 0 Å². The van der Waals surface area contributed by atoms with Crippen LogP contribution in [0.4, 0.5) is 0 Å². The van der Waals surface area contributed by atoms with Crippen molar-refractivity contribution in [1.82, 2.24) is 5.32 Å². The summed E-state index contributed by atoms with van der Waals surface area (Å²) in [5, 5.41) is 3.05. The fourth-order valence-electron chi connectivity index (χ4n) is 3.80. The van der Waals surface area contributed by atoms with Gasteiger partial charge in [-0.2, -0.15) is 0 Å². The van der Waals surface area contributed by atoms with Crippen molar-refractivity contribution in [3.05, 3.63) is 0 Å². The molecule has 0 aliphatic carbocycles. The zero-order valence-electron chi connectivity index (χ0n) is 14.9. The largest absolute Gasteiger partial charge is 0.505 e. The van der Waals surface area contributed by atoms with E-state index in [1.165, 1.54) is 0 Å². The monoisotopic (exact) mass is 331 g/mol. The van der Waals surface area contributed by atoms with E-state index in [9.17, 15) is 4.79 Å². The first-order valence-corrected chi connectivity index (χ1v) is 10.6. The minimum absolute atomic E-state index is 0.0403. The fourth-order valence-corrected chi connectivity index (χ4v) is 7.52. The summed E-state index contributed by atoms with van der Waals surface area (Å²) in [7, 11) is -2.89. The number of rotatable bonds is 10. The molecule has 1 fully saturated rings. The third-order valence-electron chi connectivity index (χ3n) is 4.63. The minimum atomic E-state index is -2.89. The molecule has 1 unspecified atom stereocenters. The molecule has 0 bridgehead atoms. The lowest BCUT2D eigenvalue weighted by molar-refractivity contribution is -0.136. The normalized spacial score (nSPS) is 26.0. The summed E-state index contributed by atoms with van der Waals surface area (Å²) in [5.74, 6) is 0.143. The van der Waals surface area contributed by atoms with Crippen LogP contribution in [0.5, 0.6) is 0 Å². The Morgan fingerprint density at radius 1 is 1.09 bits per heavy atom. The molecule has 1 N–H and O–H groups in total. The minimum Gasteiger partial charge on any atom is -0.374 e. The lowest BCUT2D eigenvalue weighted by Crippen LogP contribution is -2.62. The van der Waals surface area contributed by atoms with E-state index in [2.05, 4.69) is 19.2 Å². The van der Waals surface area contributed by atoms with Crippen molar-refractivity contribution in [3.63, 3.8) is 0 Å². The Bertz CT molecular complexity index is 336. The van der Waals surface area contributed by atoms with Crippen molar-refractivity contribution >= 4 is 14.7 Å². The summed E-state index contributed by atoms with van der Waals surface area (Å²) in [6.45, 7) is 12.5. The van der Waals surface area contributed by atoms with Crippen molar-refractivity contribution in [2.45, 2.75) is 65.8 Å². The maximum absolute atomic E-state index is 12.8. The highest BCUT2D eigenvalue weighted by atomic mass is 28.4. The van der Waals surface area contributed by atoms with Crippen LogP contribution in [0.25, 0.3) is 0 Å². The van der Waals surface area contributed by atoms with Gasteiger partial charge in [0.1, 0.15) is 0 Å². The first-order valence-electron chi connectivity index (χ1n) is 8.76. The van der Waals surface area contributed by atoms with Crippen molar-refractivity contribution in [3.8, 4) is 0 Å². The van der Waals surface area contributed by atoms with E-state index >= 15 is 0 Å². The zero-order valence-corrected chi connectivity index (χ0v) is 15.9. The summed E-state index contributed by atoms with van der Waals surface area (Å²) in [4.78, 5) is 12.8. The third kappa shape index (κ3) is 3.72. The Kier molecular flexibility index (Phi) is 8.03. The Morgan fingerprint density at radius 2 is 1.64 bits per heavy atom. The van der Waals surface area contributed by atoms with E-state index in [4.69, 9.17) is 13.3 Å². The van der Waals surface area contributed by atoms with E-state index in [0.29, 0.717) is 26.4 Å². The molecule has 1 saturated heterocycles. The Hall–Kier alpha value is -0.433. The molecule has 0 saturated carbocycles. The Morgan fingerprint density at radius 3 is 2.05 bits per heavy atom. The summed E-state index contributed by atoms with van der Waals surface area (Å²) in [6, 6.07) is 0. The van der Waals surface area contributed by atoms with Gasteiger partial charge in [-0.1, -0.05) is 20.3 Å². The smallest absolute Gasteiger partial charge is 0.374 e. The number of carbonyl (C=O) groups excluding carboxylic acids is 1. The summed E-state index contributed by atoms with van der Waals surface area (Å²) < 4.78 is 18.3. The van der Waals surface area contributed by atoms with Gasteiger partial charge in [0.15, 0.2) is 0 Å². The average molecular weight is 332 g/mol. The summed E-state index contributed by atoms with van der Waals surface area (Å²) in [6.07, 6.45) is 3.47. The lowest BCUT2D eigenvalue weighted by Gasteiger charge is -2.48. The van der Waals surface area contributed by atoms with E-state index in [1.807, 2.05) is 20.8 Å².